The standard InChI is InChI=1S/C12H15Br2NO2S/c13-10-3-5-12(6-4-10)18(16,17)15-8-9-1-2-11(14)7-9/h3-6,9,11,15H,1-2,7-8H2. The van der Waals surface area contributed by atoms with E-state index in [9.17, 15) is 8.42 Å². The molecule has 0 heterocycles. The van der Waals surface area contributed by atoms with Gasteiger partial charge in [-0.05, 0) is 49.4 Å². The molecule has 2 rings (SSSR count). The molecule has 0 radical (unpaired) electrons. The van der Waals surface area contributed by atoms with E-state index in [1.54, 1.807) is 24.3 Å². The van der Waals surface area contributed by atoms with Crippen molar-refractivity contribution >= 4 is 41.9 Å². The Labute approximate surface area is 125 Å². The lowest BCUT2D eigenvalue weighted by Gasteiger charge is -2.11. The number of rotatable bonds is 4. The predicted molar refractivity (Wildman–Crippen MR) is 79.4 cm³/mol. The van der Waals surface area contributed by atoms with Crippen LogP contribution in [0.15, 0.2) is 33.6 Å². The SMILES string of the molecule is O=S(=O)(NCC1CCC(Br)C1)c1ccc(Br)cc1. The molecule has 2 unspecified atom stereocenters. The third-order valence-corrected chi connectivity index (χ3v) is 5.96. The largest absolute Gasteiger partial charge is 0.240 e. The molecule has 1 fully saturated rings. The van der Waals surface area contributed by atoms with E-state index in [1.807, 2.05) is 0 Å². The van der Waals surface area contributed by atoms with Crippen molar-refractivity contribution in [2.75, 3.05) is 6.54 Å². The van der Waals surface area contributed by atoms with E-state index in [2.05, 4.69) is 36.6 Å². The number of sulfonamides is 1. The number of benzene rings is 1. The highest BCUT2D eigenvalue weighted by atomic mass is 79.9. The fourth-order valence-corrected chi connectivity index (χ4v) is 4.30. The Morgan fingerprint density at radius 2 is 1.89 bits per heavy atom. The van der Waals surface area contributed by atoms with Gasteiger partial charge < -0.3 is 0 Å². The quantitative estimate of drug-likeness (QED) is 0.793. The molecule has 0 aliphatic heterocycles. The molecule has 0 bridgehead atoms. The normalized spacial score (nSPS) is 24.3. The van der Waals surface area contributed by atoms with Crippen molar-refractivity contribution in [3.8, 4) is 0 Å². The first-order valence-corrected chi connectivity index (χ1v) is 9.06. The van der Waals surface area contributed by atoms with Gasteiger partial charge in [-0.3, -0.25) is 0 Å². The van der Waals surface area contributed by atoms with Crippen molar-refractivity contribution in [2.45, 2.75) is 29.0 Å². The zero-order valence-electron chi connectivity index (χ0n) is 9.77. The zero-order chi connectivity index (χ0) is 13.2. The lowest BCUT2D eigenvalue weighted by Crippen LogP contribution is -2.28. The van der Waals surface area contributed by atoms with Crippen molar-refractivity contribution in [1.29, 1.82) is 0 Å². The highest BCUT2D eigenvalue weighted by molar-refractivity contribution is 9.10. The van der Waals surface area contributed by atoms with E-state index in [0.717, 1.165) is 23.7 Å². The molecule has 0 spiro atoms. The summed E-state index contributed by atoms with van der Waals surface area (Å²) < 4.78 is 27.7. The maximum Gasteiger partial charge on any atom is 0.240 e. The van der Waals surface area contributed by atoms with Gasteiger partial charge in [0.05, 0.1) is 4.90 Å². The lowest BCUT2D eigenvalue weighted by atomic mass is 10.1. The lowest BCUT2D eigenvalue weighted by molar-refractivity contribution is 0.521. The van der Waals surface area contributed by atoms with Gasteiger partial charge in [-0.15, -0.1) is 0 Å². The Hall–Kier alpha value is 0.0900. The minimum atomic E-state index is -3.37. The van der Waals surface area contributed by atoms with Crippen LogP contribution in [-0.2, 0) is 10.0 Å². The Bertz CT molecular complexity index is 501. The molecule has 1 aliphatic carbocycles. The van der Waals surface area contributed by atoms with Crippen molar-refractivity contribution in [3.63, 3.8) is 0 Å². The number of halogens is 2. The minimum absolute atomic E-state index is 0.319. The van der Waals surface area contributed by atoms with E-state index in [1.165, 1.54) is 0 Å². The number of hydrogen-bond donors (Lipinski definition) is 1. The minimum Gasteiger partial charge on any atom is -0.211 e. The maximum absolute atomic E-state index is 12.0. The van der Waals surface area contributed by atoms with Crippen molar-refractivity contribution in [1.82, 2.24) is 4.72 Å². The van der Waals surface area contributed by atoms with E-state index >= 15 is 0 Å². The Balaban J connectivity index is 1.97. The highest BCUT2D eigenvalue weighted by Gasteiger charge is 2.24. The fourth-order valence-electron chi connectivity index (χ4n) is 2.12. The molecule has 0 saturated heterocycles. The molecule has 1 aromatic carbocycles. The van der Waals surface area contributed by atoms with Crippen LogP contribution in [0, 0.1) is 5.92 Å². The predicted octanol–water partition coefficient (Wildman–Crippen LogP) is 3.29. The van der Waals surface area contributed by atoms with Gasteiger partial charge in [-0.2, -0.15) is 0 Å². The van der Waals surface area contributed by atoms with Gasteiger partial charge >= 0.3 is 0 Å². The smallest absolute Gasteiger partial charge is 0.211 e. The van der Waals surface area contributed by atoms with Gasteiger partial charge in [-0.25, -0.2) is 13.1 Å². The molecule has 3 nitrogen and oxygen atoms in total. The van der Waals surface area contributed by atoms with Gasteiger partial charge in [0, 0.05) is 15.8 Å². The first-order valence-electron chi connectivity index (χ1n) is 5.86. The average Bonchev–Trinajstić information content (AvgIpc) is 2.73. The second-order valence-electron chi connectivity index (χ2n) is 4.58. The second kappa shape index (κ2) is 6.03. The van der Waals surface area contributed by atoms with Crippen molar-refractivity contribution < 1.29 is 8.42 Å². The summed E-state index contributed by atoms with van der Waals surface area (Å²) in [7, 11) is -3.37. The van der Waals surface area contributed by atoms with Crippen LogP contribution < -0.4 is 4.72 Å². The third-order valence-electron chi connectivity index (χ3n) is 3.16. The summed E-state index contributed by atoms with van der Waals surface area (Å²) in [6.45, 7) is 0.528. The fraction of sp³-hybridized carbons (Fsp3) is 0.500. The zero-order valence-corrected chi connectivity index (χ0v) is 13.8. The summed E-state index contributed by atoms with van der Waals surface area (Å²) in [5.41, 5.74) is 0. The van der Waals surface area contributed by atoms with E-state index < -0.39 is 10.0 Å². The van der Waals surface area contributed by atoms with Crippen LogP contribution >= 0.6 is 31.9 Å². The molecule has 0 aromatic heterocycles. The third kappa shape index (κ3) is 3.79. The Morgan fingerprint density at radius 1 is 1.22 bits per heavy atom. The van der Waals surface area contributed by atoms with E-state index in [-0.39, 0.29) is 0 Å². The molecule has 1 N–H and O–H groups in total. The summed E-state index contributed by atoms with van der Waals surface area (Å²) in [5.74, 6) is 0.444. The monoisotopic (exact) mass is 395 g/mol. The highest BCUT2D eigenvalue weighted by Crippen LogP contribution is 2.30. The van der Waals surface area contributed by atoms with Crippen molar-refractivity contribution in [3.05, 3.63) is 28.7 Å². The molecular weight excluding hydrogens is 382 g/mol. The maximum atomic E-state index is 12.0. The van der Waals surface area contributed by atoms with Crippen LogP contribution in [-0.4, -0.2) is 19.8 Å². The van der Waals surface area contributed by atoms with E-state index in [4.69, 9.17) is 0 Å². The van der Waals surface area contributed by atoms with Crippen LogP contribution in [0.2, 0.25) is 0 Å². The summed E-state index contributed by atoms with van der Waals surface area (Å²) >= 11 is 6.86. The Morgan fingerprint density at radius 3 is 2.44 bits per heavy atom. The Kier molecular flexibility index (Phi) is 4.86. The molecule has 1 aromatic rings. The summed E-state index contributed by atoms with van der Waals surface area (Å²) in [6.07, 6.45) is 3.26. The molecule has 2 atom stereocenters. The molecule has 1 aliphatic rings. The first-order chi connectivity index (χ1) is 8.47. The molecule has 0 amide bonds. The topological polar surface area (TPSA) is 46.2 Å². The van der Waals surface area contributed by atoms with Gasteiger partial charge in [0.15, 0.2) is 0 Å². The van der Waals surface area contributed by atoms with Crippen LogP contribution in [0.1, 0.15) is 19.3 Å². The summed E-state index contributed by atoms with van der Waals surface area (Å²) in [6, 6.07) is 6.68. The molecule has 1 saturated carbocycles. The van der Waals surface area contributed by atoms with Crippen molar-refractivity contribution in [2.24, 2.45) is 5.92 Å². The molecule has 18 heavy (non-hydrogen) atoms. The first kappa shape index (κ1) is 14.5. The number of alkyl halides is 1. The van der Waals surface area contributed by atoms with Gasteiger partial charge in [0.25, 0.3) is 0 Å². The second-order valence-corrected chi connectivity index (χ2v) is 8.56. The van der Waals surface area contributed by atoms with E-state index in [0.29, 0.717) is 22.2 Å². The van der Waals surface area contributed by atoms with Crippen LogP contribution in [0.4, 0.5) is 0 Å². The molecule has 6 heteroatoms. The number of nitrogens with one attached hydrogen (secondary N) is 1. The number of hydrogen-bond acceptors (Lipinski definition) is 2. The summed E-state index contributed by atoms with van der Waals surface area (Å²) in [5, 5.41) is 0. The molecular formula is C12H15Br2NO2S. The van der Waals surface area contributed by atoms with Gasteiger partial charge in [0.2, 0.25) is 10.0 Å². The van der Waals surface area contributed by atoms with Gasteiger partial charge in [0.1, 0.15) is 0 Å². The van der Waals surface area contributed by atoms with Crippen LogP contribution in [0.25, 0.3) is 0 Å². The van der Waals surface area contributed by atoms with Crippen LogP contribution in [0.5, 0.6) is 0 Å². The average molecular weight is 397 g/mol. The molecule has 100 valence electrons. The van der Waals surface area contributed by atoms with Crippen LogP contribution in [0.3, 0.4) is 0 Å². The summed E-state index contributed by atoms with van der Waals surface area (Å²) in [4.78, 5) is 0.860. The van der Waals surface area contributed by atoms with Gasteiger partial charge in [-0.1, -0.05) is 31.9 Å².